The molecule has 0 amide bonds. The average molecular weight is 186 g/mol. The Morgan fingerprint density at radius 1 is 1.67 bits per heavy atom. The molecule has 0 spiro atoms. The van der Waals surface area contributed by atoms with Gasteiger partial charge in [0.15, 0.2) is 0 Å². The van der Waals surface area contributed by atoms with Crippen molar-refractivity contribution in [2.75, 3.05) is 31.1 Å². The van der Waals surface area contributed by atoms with Gasteiger partial charge in [0, 0.05) is 30.6 Å². The van der Waals surface area contributed by atoms with Crippen molar-refractivity contribution < 1.29 is 0 Å². The Balaban J connectivity index is 1.84. The Labute approximate surface area is 79.2 Å². The van der Waals surface area contributed by atoms with Gasteiger partial charge >= 0.3 is 0 Å². The van der Waals surface area contributed by atoms with E-state index in [2.05, 4.69) is 17.2 Å². The quantitative estimate of drug-likeness (QED) is 0.475. The summed E-state index contributed by atoms with van der Waals surface area (Å²) in [6.45, 7) is 7.14. The van der Waals surface area contributed by atoms with Crippen LogP contribution < -0.4 is 10.6 Å². The number of thioether (sulfide) groups is 1. The lowest BCUT2D eigenvalue weighted by molar-refractivity contribution is 0.570. The molecule has 0 saturated carbocycles. The van der Waals surface area contributed by atoms with Crippen molar-refractivity contribution in [1.82, 2.24) is 10.6 Å². The summed E-state index contributed by atoms with van der Waals surface area (Å²) in [5, 5.41) is 6.86. The van der Waals surface area contributed by atoms with Crippen LogP contribution in [0.4, 0.5) is 0 Å². The topological polar surface area (TPSA) is 24.1 Å². The van der Waals surface area contributed by atoms with E-state index in [0.717, 1.165) is 18.8 Å². The molecule has 0 aromatic carbocycles. The van der Waals surface area contributed by atoms with Crippen LogP contribution in [0, 0.1) is 0 Å². The van der Waals surface area contributed by atoms with Crippen LogP contribution in [0.2, 0.25) is 0 Å². The van der Waals surface area contributed by atoms with E-state index in [-0.39, 0.29) is 0 Å². The molecule has 1 aliphatic heterocycles. The van der Waals surface area contributed by atoms with Crippen molar-refractivity contribution in [3.63, 3.8) is 0 Å². The predicted octanol–water partition coefficient (Wildman–Crippen LogP) is 0.857. The molecular formula is C9H18N2S. The summed E-state index contributed by atoms with van der Waals surface area (Å²) in [7, 11) is 0. The molecule has 2 nitrogen and oxygen atoms in total. The van der Waals surface area contributed by atoms with Gasteiger partial charge in [0.25, 0.3) is 0 Å². The highest BCUT2D eigenvalue weighted by Gasteiger charge is 2.12. The van der Waals surface area contributed by atoms with Gasteiger partial charge in [-0.05, 0) is 13.0 Å². The summed E-state index contributed by atoms with van der Waals surface area (Å²) >= 11 is 1.94. The van der Waals surface area contributed by atoms with Crippen LogP contribution in [0.5, 0.6) is 0 Å². The maximum Gasteiger partial charge on any atom is 0.0204 e. The average Bonchev–Trinajstić information content (AvgIpc) is 2.57. The van der Waals surface area contributed by atoms with Crippen LogP contribution in [-0.4, -0.2) is 37.2 Å². The zero-order valence-electron chi connectivity index (χ0n) is 7.51. The van der Waals surface area contributed by atoms with Gasteiger partial charge in [0.05, 0.1) is 0 Å². The first-order chi connectivity index (χ1) is 5.93. The Bertz CT molecular complexity index is 122. The molecule has 1 aliphatic rings. The lowest BCUT2D eigenvalue weighted by Crippen LogP contribution is -2.32. The van der Waals surface area contributed by atoms with E-state index in [1.54, 1.807) is 0 Å². The van der Waals surface area contributed by atoms with E-state index in [4.69, 9.17) is 0 Å². The highest BCUT2D eigenvalue weighted by Crippen LogP contribution is 2.00. The standard InChI is InChI=1S/C9H18N2S/c1-2-6-12-7-5-11-9-3-4-10-8-9/h2,9-11H,1,3-8H2. The van der Waals surface area contributed by atoms with Crippen LogP contribution in [0.25, 0.3) is 0 Å². The Morgan fingerprint density at radius 2 is 2.58 bits per heavy atom. The van der Waals surface area contributed by atoms with Crippen LogP contribution in [0.3, 0.4) is 0 Å². The highest BCUT2D eigenvalue weighted by atomic mass is 32.2. The number of hydrogen-bond donors (Lipinski definition) is 2. The summed E-state index contributed by atoms with van der Waals surface area (Å²) in [6, 6.07) is 0.717. The normalized spacial score (nSPS) is 22.8. The molecule has 0 radical (unpaired) electrons. The van der Waals surface area contributed by atoms with Gasteiger partial charge < -0.3 is 10.6 Å². The Morgan fingerprint density at radius 3 is 3.25 bits per heavy atom. The minimum absolute atomic E-state index is 0.717. The first-order valence-corrected chi connectivity index (χ1v) is 5.71. The van der Waals surface area contributed by atoms with Crippen molar-refractivity contribution in [3.05, 3.63) is 12.7 Å². The molecule has 1 atom stereocenters. The molecular weight excluding hydrogens is 168 g/mol. The minimum Gasteiger partial charge on any atom is -0.315 e. The summed E-state index contributed by atoms with van der Waals surface area (Å²) in [4.78, 5) is 0. The number of hydrogen-bond acceptors (Lipinski definition) is 3. The zero-order valence-corrected chi connectivity index (χ0v) is 8.33. The van der Waals surface area contributed by atoms with Crippen molar-refractivity contribution >= 4 is 11.8 Å². The SMILES string of the molecule is C=CCSCCNC1CCNC1. The van der Waals surface area contributed by atoms with Crippen molar-refractivity contribution in [1.29, 1.82) is 0 Å². The van der Waals surface area contributed by atoms with Gasteiger partial charge in [-0.25, -0.2) is 0 Å². The summed E-state index contributed by atoms with van der Waals surface area (Å²) in [5.74, 6) is 2.27. The molecule has 0 aromatic rings. The van der Waals surface area contributed by atoms with E-state index in [1.165, 1.54) is 18.7 Å². The number of nitrogens with one attached hydrogen (secondary N) is 2. The Hall–Kier alpha value is 0.01000. The first-order valence-electron chi connectivity index (χ1n) is 4.56. The van der Waals surface area contributed by atoms with Gasteiger partial charge in [0.2, 0.25) is 0 Å². The van der Waals surface area contributed by atoms with Crippen LogP contribution in [0.15, 0.2) is 12.7 Å². The van der Waals surface area contributed by atoms with Crippen LogP contribution in [0.1, 0.15) is 6.42 Å². The fourth-order valence-electron chi connectivity index (χ4n) is 1.33. The Kier molecular flexibility index (Phi) is 5.48. The summed E-state index contributed by atoms with van der Waals surface area (Å²) in [6.07, 6.45) is 3.24. The van der Waals surface area contributed by atoms with Gasteiger partial charge in [-0.1, -0.05) is 6.08 Å². The third-order valence-corrected chi connectivity index (χ3v) is 2.94. The van der Waals surface area contributed by atoms with E-state index < -0.39 is 0 Å². The second kappa shape index (κ2) is 6.52. The van der Waals surface area contributed by atoms with E-state index in [0.29, 0.717) is 6.04 Å². The monoisotopic (exact) mass is 186 g/mol. The van der Waals surface area contributed by atoms with Gasteiger partial charge in [0.1, 0.15) is 0 Å². The molecule has 70 valence electrons. The van der Waals surface area contributed by atoms with E-state index in [9.17, 15) is 0 Å². The first kappa shape index (κ1) is 10.1. The summed E-state index contributed by atoms with van der Waals surface area (Å²) < 4.78 is 0. The fraction of sp³-hybridized carbons (Fsp3) is 0.778. The largest absolute Gasteiger partial charge is 0.315 e. The number of rotatable bonds is 6. The van der Waals surface area contributed by atoms with Gasteiger partial charge in [-0.2, -0.15) is 11.8 Å². The zero-order chi connectivity index (χ0) is 8.65. The second-order valence-corrected chi connectivity index (χ2v) is 4.16. The summed E-state index contributed by atoms with van der Waals surface area (Å²) in [5.41, 5.74) is 0. The van der Waals surface area contributed by atoms with E-state index in [1.807, 2.05) is 17.8 Å². The molecule has 1 saturated heterocycles. The molecule has 0 aliphatic carbocycles. The van der Waals surface area contributed by atoms with E-state index >= 15 is 0 Å². The lowest BCUT2D eigenvalue weighted by Gasteiger charge is -2.09. The minimum atomic E-state index is 0.717. The molecule has 2 N–H and O–H groups in total. The molecule has 1 fully saturated rings. The van der Waals surface area contributed by atoms with Gasteiger partial charge in [-0.15, -0.1) is 6.58 Å². The van der Waals surface area contributed by atoms with Crippen LogP contribution >= 0.6 is 11.8 Å². The maximum absolute atomic E-state index is 3.68. The molecule has 1 heterocycles. The van der Waals surface area contributed by atoms with Crippen molar-refractivity contribution in [2.45, 2.75) is 12.5 Å². The molecule has 1 rings (SSSR count). The van der Waals surface area contributed by atoms with Gasteiger partial charge in [-0.3, -0.25) is 0 Å². The second-order valence-electron chi connectivity index (χ2n) is 3.01. The molecule has 0 bridgehead atoms. The molecule has 0 aromatic heterocycles. The fourth-order valence-corrected chi connectivity index (χ4v) is 1.93. The third kappa shape index (κ3) is 4.14. The predicted molar refractivity (Wildman–Crippen MR) is 56.8 cm³/mol. The highest BCUT2D eigenvalue weighted by molar-refractivity contribution is 7.99. The lowest BCUT2D eigenvalue weighted by atomic mass is 10.3. The van der Waals surface area contributed by atoms with Crippen molar-refractivity contribution in [3.8, 4) is 0 Å². The third-order valence-electron chi connectivity index (χ3n) is 1.98. The van der Waals surface area contributed by atoms with Crippen molar-refractivity contribution in [2.24, 2.45) is 0 Å². The molecule has 1 unspecified atom stereocenters. The molecule has 3 heteroatoms. The van der Waals surface area contributed by atoms with Crippen LogP contribution in [-0.2, 0) is 0 Å². The molecule has 12 heavy (non-hydrogen) atoms. The maximum atomic E-state index is 3.68. The smallest absolute Gasteiger partial charge is 0.0204 e.